The summed E-state index contributed by atoms with van der Waals surface area (Å²) in [5, 5.41) is 5.98. The number of anilines is 3. The summed E-state index contributed by atoms with van der Waals surface area (Å²) in [4.78, 5) is 21.1. The number of ether oxygens (including phenoxy) is 1. The maximum atomic E-state index is 12.6. The van der Waals surface area contributed by atoms with Gasteiger partial charge >= 0.3 is 0 Å². The molecule has 0 aliphatic heterocycles. The quantitative estimate of drug-likeness (QED) is 0.726. The molecule has 0 bridgehead atoms. The predicted octanol–water partition coefficient (Wildman–Crippen LogP) is 4.10. The third-order valence-electron chi connectivity index (χ3n) is 3.88. The molecule has 0 aliphatic carbocycles. The summed E-state index contributed by atoms with van der Waals surface area (Å²) in [5.74, 6) is 0.628. The molecule has 6 nitrogen and oxygen atoms in total. The van der Waals surface area contributed by atoms with Crippen molar-refractivity contribution in [1.29, 1.82) is 0 Å². The number of para-hydroxylation sites is 1. The van der Waals surface area contributed by atoms with Gasteiger partial charge in [0.25, 0.3) is 5.91 Å². The van der Waals surface area contributed by atoms with E-state index in [1.807, 2.05) is 56.3 Å². The lowest BCUT2D eigenvalue weighted by molar-refractivity contribution is 0.102. The van der Waals surface area contributed by atoms with E-state index < -0.39 is 0 Å². The molecule has 132 valence electrons. The molecule has 0 saturated carbocycles. The number of nitrogens with zero attached hydrogens (tertiary/aromatic N) is 2. The number of hydrogen-bond acceptors (Lipinski definition) is 5. The Balaban J connectivity index is 1.81. The van der Waals surface area contributed by atoms with Gasteiger partial charge in [-0.15, -0.1) is 0 Å². The summed E-state index contributed by atoms with van der Waals surface area (Å²) >= 11 is 0. The number of nitrogens with one attached hydrogen (secondary N) is 2. The van der Waals surface area contributed by atoms with Crippen molar-refractivity contribution in [2.24, 2.45) is 0 Å². The minimum absolute atomic E-state index is 0.264. The summed E-state index contributed by atoms with van der Waals surface area (Å²) in [5.41, 5.74) is 3.84. The van der Waals surface area contributed by atoms with Crippen molar-refractivity contribution in [1.82, 2.24) is 9.97 Å². The van der Waals surface area contributed by atoms with Gasteiger partial charge < -0.3 is 15.4 Å². The van der Waals surface area contributed by atoms with Gasteiger partial charge in [0.2, 0.25) is 5.95 Å². The van der Waals surface area contributed by atoms with E-state index in [2.05, 4.69) is 20.6 Å². The number of carbonyl (C=O) groups is 1. The summed E-state index contributed by atoms with van der Waals surface area (Å²) in [6.45, 7) is 3.94. The van der Waals surface area contributed by atoms with Gasteiger partial charge in [0.15, 0.2) is 0 Å². The van der Waals surface area contributed by atoms with Crippen molar-refractivity contribution >= 4 is 23.2 Å². The van der Waals surface area contributed by atoms with Gasteiger partial charge in [-0.25, -0.2) is 9.97 Å². The summed E-state index contributed by atoms with van der Waals surface area (Å²) in [6, 6.07) is 15.0. The number of hydrogen-bond donors (Lipinski definition) is 2. The highest BCUT2D eigenvalue weighted by molar-refractivity contribution is 6.03. The molecule has 3 rings (SSSR count). The Morgan fingerprint density at radius 3 is 2.62 bits per heavy atom. The number of aromatic nitrogens is 2. The monoisotopic (exact) mass is 348 g/mol. The molecule has 3 aromatic rings. The van der Waals surface area contributed by atoms with Crippen LogP contribution < -0.4 is 15.4 Å². The molecule has 0 fully saturated rings. The zero-order chi connectivity index (χ0) is 18.5. The zero-order valence-corrected chi connectivity index (χ0v) is 14.9. The number of amides is 1. The SMILES string of the molecule is COc1ccc(C)cc1NC(=O)c1ccnc(Nc2ccccc2C)n1. The van der Waals surface area contributed by atoms with E-state index in [0.29, 0.717) is 17.4 Å². The molecule has 0 atom stereocenters. The molecule has 0 spiro atoms. The first kappa shape index (κ1) is 17.4. The highest BCUT2D eigenvalue weighted by Gasteiger charge is 2.12. The van der Waals surface area contributed by atoms with E-state index in [4.69, 9.17) is 4.74 Å². The van der Waals surface area contributed by atoms with E-state index in [-0.39, 0.29) is 11.6 Å². The number of benzene rings is 2. The van der Waals surface area contributed by atoms with Gasteiger partial charge in [-0.3, -0.25) is 4.79 Å². The van der Waals surface area contributed by atoms with Gasteiger partial charge in [-0.1, -0.05) is 24.3 Å². The smallest absolute Gasteiger partial charge is 0.274 e. The van der Waals surface area contributed by atoms with Gasteiger partial charge in [0, 0.05) is 11.9 Å². The van der Waals surface area contributed by atoms with Gasteiger partial charge in [0.1, 0.15) is 11.4 Å². The maximum Gasteiger partial charge on any atom is 0.274 e. The van der Waals surface area contributed by atoms with Crippen LogP contribution in [0.25, 0.3) is 0 Å². The van der Waals surface area contributed by atoms with Crippen LogP contribution in [-0.2, 0) is 0 Å². The minimum atomic E-state index is -0.330. The first-order chi connectivity index (χ1) is 12.6. The van der Waals surface area contributed by atoms with E-state index >= 15 is 0 Å². The lowest BCUT2D eigenvalue weighted by Crippen LogP contribution is -2.15. The Kier molecular flexibility index (Phi) is 5.12. The fourth-order valence-electron chi connectivity index (χ4n) is 2.48. The predicted molar refractivity (Wildman–Crippen MR) is 102 cm³/mol. The first-order valence-corrected chi connectivity index (χ1v) is 8.18. The van der Waals surface area contributed by atoms with Crippen molar-refractivity contribution in [2.75, 3.05) is 17.7 Å². The van der Waals surface area contributed by atoms with Gasteiger partial charge in [-0.2, -0.15) is 0 Å². The molecular formula is C20H20N4O2. The normalized spacial score (nSPS) is 10.3. The number of carbonyl (C=O) groups excluding carboxylic acids is 1. The molecule has 1 amide bonds. The molecule has 6 heteroatoms. The Morgan fingerprint density at radius 2 is 1.85 bits per heavy atom. The summed E-state index contributed by atoms with van der Waals surface area (Å²) in [6.07, 6.45) is 1.55. The zero-order valence-electron chi connectivity index (χ0n) is 14.9. The van der Waals surface area contributed by atoms with Crippen LogP contribution in [0.15, 0.2) is 54.7 Å². The average Bonchev–Trinajstić information content (AvgIpc) is 2.64. The fourth-order valence-corrected chi connectivity index (χ4v) is 2.48. The second-order valence-electron chi connectivity index (χ2n) is 5.86. The minimum Gasteiger partial charge on any atom is -0.495 e. The molecule has 0 saturated heterocycles. The van der Waals surface area contributed by atoms with Crippen LogP contribution in [-0.4, -0.2) is 23.0 Å². The third kappa shape index (κ3) is 3.97. The van der Waals surface area contributed by atoms with Gasteiger partial charge in [0.05, 0.1) is 12.8 Å². The highest BCUT2D eigenvalue weighted by atomic mass is 16.5. The molecule has 26 heavy (non-hydrogen) atoms. The molecule has 2 N–H and O–H groups in total. The van der Waals surface area contributed by atoms with Crippen LogP contribution in [0.5, 0.6) is 5.75 Å². The largest absolute Gasteiger partial charge is 0.495 e. The Hall–Kier alpha value is -3.41. The topological polar surface area (TPSA) is 76.1 Å². The fraction of sp³-hybridized carbons (Fsp3) is 0.150. The van der Waals surface area contributed by atoms with Crippen molar-refractivity contribution in [3.05, 3.63) is 71.5 Å². The van der Waals surface area contributed by atoms with Crippen molar-refractivity contribution in [3.63, 3.8) is 0 Å². The number of rotatable bonds is 5. The first-order valence-electron chi connectivity index (χ1n) is 8.18. The highest BCUT2D eigenvalue weighted by Crippen LogP contribution is 2.25. The number of methoxy groups -OCH3 is 1. The molecule has 1 aromatic heterocycles. The van der Waals surface area contributed by atoms with Crippen LogP contribution in [0.1, 0.15) is 21.6 Å². The molecule has 2 aromatic carbocycles. The standard InChI is InChI=1S/C20H20N4O2/c1-13-8-9-18(26-3)17(12-13)22-19(25)16-10-11-21-20(24-16)23-15-7-5-4-6-14(15)2/h4-12H,1-3H3,(H,22,25)(H,21,23,24). The molecule has 0 radical (unpaired) electrons. The lowest BCUT2D eigenvalue weighted by Gasteiger charge is -2.11. The van der Waals surface area contributed by atoms with E-state index in [9.17, 15) is 4.79 Å². The van der Waals surface area contributed by atoms with E-state index in [0.717, 1.165) is 16.8 Å². The van der Waals surface area contributed by atoms with E-state index in [1.165, 1.54) is 0 Å². The van der Waals surface area contributed by atoms with Crippen molar-refractivity contribution in [2.45, 2.75) is 13.8 Å². The Bertz CT molecular complexity index is 941. The second-order valence-corrected chi connectivity index (χ2v) is 5.86. The van der Waals surface area contributed by atoms with Crippen LogP contribution in [0, 0.1) is 13.8 Å². The Morgan fingerprint density at radius 1 is 1.04 bits per heavy atom. The summed E-state index contributed by atoms with van der Waals surface area (Å²) in [7, 11) is 1.56. The van der Waals surface area contributed by atoms with Crippen molar-refractivity contribution in [3.8, 4) is 5.75 Å². The molecular weight excluding hydrogens is 328 g/mol. The number of aryl methyl sites for hydroxylation is 2. The van der Waals surface area contributed by atoms with Crippen LogP contribution in [0.3, 0.4) is 0 Å². The van der Waals surface area contributed by atoms with Crippen molar-refractivity contribution < 1.29 is 9.53 Å². The van der Waals surface area contributed by atoms with Crippen LogP contribution >= 0.6 is 0 Å². The second kappa shape index (κ2) is 7.65. The maximum absolute atomic E-state index is 12.6. The van der Waals surface area contributed by atoms with Crippen LogP contribution in [0.2, 0.25) is 0 Å². The average molecular weight is 348 g/mol. The van der Waals surface area contributed by atoms with E-state index in [1.54, 1.807) is 19.4 Å². The molecule has 0 unspecified atom stereocenters. The van der Waals surface area contributed by atoms with Crippen LogP contribution in [0.4, 0.5) is 17.3 Å². The third-order valence-corrected chi connectivity index (χ3v) is 3.88. The van der Waals surface area contributed by atoms with Gasteiger partial charge in [-0.05, 0) is 49.2 Å². The molecule has 1 heterocycles. The Labute approximate surface area is 152 Å². The molecule has 0 aliphatic rings. The summed E-state index contributed by atoms with van der Waals surface area (Å²) < 4.78 is 5.29. The lowest BCUT2D eigenvalue weighted by atomic mass is 10.2.